The van der Waals surface area contributed by atoms with Crippen LogP contribution >= 0.6 is 0 Å². The quantitative estimate of drug-likeness (QED) is 0.666. The van der Waals surface area contributed by atoms with E-state index in [2.05, 4.69) is 6.07 Å². The molecular formula is C23H21F2N3O3. The molecule has 8 heteroatoms. The topological polar surface area (TPSA) is 60.9 Å². The number of hydrogen-bond donors (Lipinski definition) is 0. The van der Waals surface area contributed by atoms with E-state index in [0.717, 1.165) is 40.7 Å². The molecule has 2 heterocycles. The van der Waals surface area contributed by atoms with Gasteiger partial charge < -0.3 is 9.80 Å². The summed E-state index contributed by atoms with van der Waals surface area (Å²) in [6.07, 6.45) is -0.580. The third kappa shape index (κ3) is 3.66. The molecule has 0 aromatic heterocycles. The van der Waals surface area contributed by atoms with Crippen molar-refractivity contribution in [1.29, 1.82) is 0 Å². The summed E-state index contributed by atoms with van der Waals surface area (Å²) in [4.78, 5) is 40.4. The summed E-state index contributed by atoms with van der Waals surface area (Å²) in [5.74, 6) is -0.486. The van der Waals surface area contributed by atoms with Crippen molar-refractivity contribution < 1.29 is 23.2 Å². The van der Waals surface area contributed by atoms with Gasteiger partial charge in [0.15, 0.2) is 0 Å². The Morgan fingerprint density at radius 2 is 1.65 bits per heavy atom. The first kappa shape index (κ1) is 19.7. The first-order valence-corrected chi connectivity index (χ1v) is 10.3. The highest BCUT2D eigenvalue weighted by Gasteiger charge is 2.38. The molecule has 3 aliphatic rings. The van der Waals surface area contributed by atoms with Crippen molar-refractivity contribution in [3.63, 3.8) is 0 Å². The molecule has 1 aliphatic carbocycles. The first-order valence-electron chi connectivity index (χ1n) is 10.3. The summed E-state index contributed by atoms with van der Waals surface area (Å²) in [6.45, 7) is -0.222. The number of fused-ring (bicyclic) bond motifs is 1. The van der Waals surface area contributed by atoms with Crippen LogP contribution in [-0.2, 0) is 17.9 Å². The van der Waals surface area contributed by atoms with Crippen LogP contribution in [0.25, 0.3) is 11.1 Å². The van der Waals surface area contributed by atoms with Crippen LogP contribution in [0.2, 0.25) is 0 Å². The molecule has 0 radical (unpaired) electrons. The van der Waals surface area contributed by atoms with Crippen LogP contribution in [0, 0.1) is 0 Å². The molecule has 6 nitrogen and oxygen atoms in total. The van der Waals surface area contributed by atoms with E-state index in [-0.39, 0.29) is 19.0 Å². The molecule has 0 spiro atoms. The normalized spacial score (nSPS) is 18.5. The van der Waals surface area contributed by atoms with E-state index in [1.165, 1.54) is 4.90 Å². The van der Waals surface area contributed by atoms with E-state index in [1.54, 1.807) is 0 Å². The Kier molecular flexibility index (Phi) is 4.72. The molecule has 0 bridgehead atoms. The third-order valence-electron chi connectivity index (χ3n) is 6.03. The zero-order valence-corrected chi connectivity index (χ0v) is 16.8. The molecule has 160 valence electrons. The Bertz CT molecular complexity index is 1070. The van der Waals surface area contributed by atoms with Gasteiger partial charge in [0, 0.05) is 24.7 Å². The van der Waals surface area contributed by atoms with Gasteiger partial charge in [0.25, 0.3) is 18.2 Å². The molecule has 5 rings (SSSR count). The van der Waals surface area contributed by atoms with E-state index >= 15 is 0 Å². The van der Waals surface area contributed by atoms with Gasteiger partial charge in [-0.1, -0.05) is 30.3 Å². The van der Waals surface area contributed by atoms with Crippen LogP contribution in [0.4, 0.5) is 13.6 Å². The molecule has 2 fully saturated rings. The highest BCUT2D eigenvalue weighted by atomic mass is 19.3. The predicted octanol–water partition coefficient (Wildman–Crippen LogP) is 3.50. The lowest BCUT2D eigenvalue weighted by atomic mass is 9.99. The smallest absolute Gasteiger partial charge is 0.327 e. The maximum atomic E-state index is 12.6. The van der Waals surface area contributed by atoms with Gasteiger partial charge in [-0.3, -0.25) is 14.5 Å². The average Bonchev–Trinajstić information content (AvgIpc) is 3.50. The Hall–Kier alpha value is -3.29. The third-order valence-corrected chi connectivity index (χ3v) is 6.03. The van der Waals surface area contributed by atoms with Crippen LogP contribution < -0.4 is 0 Å². The highest BCUT2D eigenvalue weighted by molar-refractivity contribution is 6.02. The summed E-state index contributed by atoms with van der Waals surface area (Å²) in [5, 5.41) is 0. The first-order chi connectivity index (χ1) is 14.9. The van der Waals surface area contributed by atoms with Crippen molar-refractivity contribution in [2.45, 2.75) is 38.4 Å². The fourth-order valence-corrected chi connectivity index (χ4v) is 4.26. The zero-order chi connectivity index (χ0) is 21.7. The summed E-state index contributed by atoms with van der Waals surface area (Å²) in [6, 6.07) is 13.1. The van der Waals surface area contributed by atoms with E-state index in [1.807, 2.05) is 41.3 Å². The van der Waals surface area contributed by atoms with Crippen molar-refractivity contribution in [3.8, 4) is 11.1 Å². The lowest BCUT2D eigenvalue weighted by Crippen LogP contribution is -2.36. The Morgan fingerprint density at radius 1 is 0.935 bits per heavy atom. The number of rotatable bonds is 6. The molecule has 0 atom stereocenters. The van der Waals surface area contributed by atoms with Gasteiger partial charge in [0.2, 0.25) is 0 Å². The van der Waals surface area contributed by atoms with Crippen molar-refractivity contribution in [1.82, 2.24) is 14.7 Å². The summed E-state index contributed by atoms with van der Waals surface area (Å²) in [7, 11) is 0. The lowest BCUT2D eigenvalue weighted by Gasteiger charge is -2.17. The van der Waals surface area contributed by atoms with Gasteiger partial charge in [0.05, 0.1) is 6.54 Å². The summed E-state index contributed by atoms with van der Waals surface area (Å²) >= 11 is 0. The number of alkyl halides is 2. The number of halogens is 2. The van der Waals surface area contributed by atoms with Gasteiger partial charge >= 0.3 is 6.03 Å². The minimum atomic E-state index is -2.74. The second-order valence-electron chi connectivity index (χ2n) is 8.27. The monoisotopic (exact) mass is 425 g/mol. The number of carbonyl (C=O) groups excluding carboxylic acids is 3. The standard InChI is InChI=1S/C23H21F2N3O3/c24-20(25)12-28-21(29)13-26(23(28)31)10-14-1-3-15(4-2-14)16-5-8-19-17(9-16)11-27(22(19)30)18-6-7-18/h1-5,8-9,18,20H,6-7,10-13H2. The second kappa shape index (κ2) is 7.44. The second-order valence-corrected chi connectivity index (χ2v) is 8.27. The minimum Gasteiger partial charge on any atom is -0.331 e. The molecule has 0 N–H and O–H groups in total. The van der Waals surface area contributed by atoms with Gasteiger partial charge in [-0.25, -0.2) is 13.6 Å². The van der Waals surface area contributed by atoms with E-state index in [4.69, 9.17) is 0 Å². The highest BCUT2D eigenvalue weighted by Crippen LogP contribution is 2.36. The molecule has 1 saturated heterocycles. The molecule has 0 unspecified atom stereocenters. The van der Waals surface area contributed by atoms with Crippen molar-refractivity contribution in [3.05, 3.63) is 59.2 Å². The van der Waals surface area contributed by atoms with Gasteiger partial charge in [-0.05, 0) is 47.2 Å². The molecular weight excluding hydrogens is 404 g/mol. The van der Waals surface area contributed by atoms with E-state index in [9.17, 15) is 23.2 Å². The number of hydrogen-bond acceptors (Lipinski definition) is 3. The Morgan fingerprint density at radius 3 is 2.32 bits per heavy atom. The van der Waals surface area contributed by atoms with Crippen LogP contribution in [-0.4, -0.2) is 58.1 Å². The molecule has 4 amide bonds. The predicted molar refractivity (Wildman–Crippen MR) is 108 cm³/mol. The summed E-state index contributed by atoms with van der Waals surface area (Å²) < 4.78 is 25.2. The molecule has 1 saturated carbocycles. The van der Waals surface area contributed by atoms with Crippen LogP contribution in [0.5, 0.6) is 0 Å². The zero-order valence-electron chi connectivity index (χ0n) is 16.8. The number of nitrogens with zero attached hydrogens (tertiary/aromatic N) is 3. The number of carbonyl (C=O) groups is 3. The SMILES string of the molecule is O=C1CN(Cc2ccc(-c3ccc4c(c3)CN(C3CC3)C4=O)cc2)C(=O)N1CC(F)F. The van der Waals surface area contributed by atoms with Crippen molar-refractivity contribution in [2.24, 2.45) is 0 Å². The molecule has 2 aromatic rings. The fraction of sp³-hybridized carbons (Fsp3) is 0.348. The van der Waals surface area contributed by atoms with Gasteiger partial charge in [-0.2, -0.15) is 0 Å². The largest absolute Gasteiger partial charge is 0.331 e. The maximum absolute atomic E-state index is 12.6. The van der Waals surface area contributed by atoms with Crippen molar-refractivity contribution >= 4 is 17.8 Å². The number of imide groups is 1. The van der Waals surface area contributed by atoms with Crippen molar-refractivity contribution in [2.75, 3.05) is 13.1 Å². The Labute approximate surface area is 178 Å². The van der Waals surface area contributed by atoms with Gasteiger partial charge in [0.1, 0.15) is 6.54 Å². The summed E-state index contributed by atoms with van der Waals surface area (Å²) in [5.41, 5.74) is 4.61. The number of urea groups is 1. The average molecular weight is 425 g/mol. The van der Waals surface area contributed by atoms with Crippen LogP contribution in [0.3, 0.4) is 0 Å². The molecule has 31 heavy (non-hydrogen) atoms. The number of benzene rings is 2. The number of amides is 4. The van der Waals surface area contributed by atoms with Gasteiger partial charge in [-0.15, -0.1) is 0 Å². The molecule has 2 aliphatic heterocycles. The van der Waals surface area contributed by atoms with E-state index in [0.29, 0.717) is 17.5 Å². The fourth-order valence-electron chi connectivity index (χ4n) is 4.26. The Balaban J connectivity index is 1.28. The maximum Gasteiger partial charge on any atom is 0.327 e. The van der Waals surface area contributed by atoms with Crippen LogP contribution in [0.15, 0.2) is 42.5 Å². The van der Waals surface area contributed by atoms with E-state index < -0.39 is 24.9 Å². The molecule has 2 aromatic carbocycles. The minimum absolute atomic E-state index is 0.116. The lowest BCUT2D eigenvalue weighted by molar-refractivity contribution is -0.126. The van der Waals surface area contributed by atoms with Crippen LogP contribution in [0.1, 0.15) is 34.3 Å².